The molecule has 0 aliphatic heterocycles. The van der Waals surface area contributed by atoms with Crippen LogP contribution in [0.3, 0.4) is 0 Å². The quantitative estimate of drug-likeness (QED) is 0.326. The molecule has 0 saturated heterocycles. The number of aryl methyl sites for hydroxylation is 2. The van der Waals surface area contributed by atoms with E-state index in [9.17, 15) is 9.59 Å². The Morgan fingerprint density at radius 3 is 2.66 bits per heavy atom. The standard InChI is InChI=1S/C30H25N9O2/c1-18-8-12-22(13-9-18)39-27(19(2)34-29(40)25-26(31)36-38-15-5-14-32-28(25)38)35-23-7-4-6-21(24(23)30(39)41)11-10-20-16-33-37(3)17-20/h4-9,12-17,19H,1-3H3,(H2,31,36)(H,34,40)/t19-/m0/s1. The Bertz CT molecular complexity index is 2080. The minimum Gasteiger partial charge on any atom is -0.381 e. The summed E-state index contributed by atoms with van der Waals surface area (Å²) in [6.45, 7) is 3.73. The zero-order valence-corrected chi connectivity index (χ0v) is 22.5. The first kappa shape index (κ1) is 25.5. The van der Waals surface area contributed by atoms with Crippen molar-refractivity contribution >= 4 is 28.3 Å². The first-order chi connectivity index (χ1) is 19.8. The number of benzene rings is 2. The van der Waals surface area contributed by atoms with Crippen molar-refractivity contribution < 1.29 is 4.79 Å². The normalized spacial score (nSPS) is 11.8. The average molecular weight is 544 g/mol. The summed E-state index contributed by atoms with van der Waals surface area (Å²) in [6, 6.07) is 13.9. The number of nitrogens with one attached hydrogen (secondary N) is 1. The number of anilines is 1. The molecule has 3 N–H and O–H groups in total. The summed E-state index contributed by atoms with van der Waals surface area (Å²) in [7, 11) is 1.81. The molecule has 11 heteroatoms. The van der Waals surface area contributed by atoms with Crippen LogP contribution >= 0.6 is 0 Å². The molecule has 0 spiro atoms. The largest absolute Gasteiger partial charge is 0.381 e. The molecular formula is C30H25N9O2. The fourth-order valence-corrected chi connectivity index (χ4v) is 4.67. The SMILES string of the molecule is Cc1ccc(-n2c([C@H](C)NC(=O)c3c(N)nn4cccnc34)nc3cccc(C#Cc4cnn(C)c4)c3c2=O)cc1. The first-order valence-electron chi connectivity index (χ1n) is 12.8. The van der Waals surface area contributed by atoms with E-state index in [1.807, 2.05) is 38.2 Å². The fraction of sp³-hybridized carbons (Fsp3) is 0.133. The number of rotatable bonds is 4. The molecule has 1 atom stereocenters. The van der Waals surface area contributed by atoms with E-state index in [0.717, 1.165) is 11.1 Å². The van der Waals surface area contributed by atoms with Crippen molar-refractivity contribution in [3.05, 3.63) is 112 Å². The maximum atomic E-state index is 14.2. The molecule has 6 rings (SSSR count). The van der Waals surface area contributed by atoms with E-state index >= 15 is 0 Å². The van der Waals surface area contributed by atoms with Crippen molar-refractivity contribution in [3.63, 3.8) is 0 Å². The zero-order valence-electron chi connectivity index (χ0n) is 22.5. The second-order valence-corrected chi connectivity index (χ2v) is 9.64. The van der Waals surface area contributed by atoms with Gasteiger partial charge in [-0.25, -0.2) is 14.5 Å². The lowest BCUT2D eigenvalue weighted by molar-refractivity contribution is 0.0940. The third kappa shape index (κ3) is 4.68. The van der Waals surface area contributed by atoms with Crippen LogP contribution in [0.2, 0.25) is 0 Å². The van der Waals surface area contributed by atoms with Crippen molar-refractivity contribution in [1.29, 1.82) is 0 Å². The van der Waals surface area contributed by atoms with Crippen molar-refractivity contribution in [2.24, 2.45) is 7.05 Å². The minimum atomic E-state index is -0.691. The second kappa shape index (κ2) is 10.1. The molecule has 11 nitrogen and oxygen atoms in total. The first-order valence-corrected chi connectivity index (χ1v) is 12.8. The maximum absolute atomic E-state index is 14.2. The van der Waals surface area contributed by atoms with Gasteiger partial charge in [-0.3, -0.25) is 18.8 Å². The Morgan fingerprint density at radius 2 is 1.90 bits per heavy atom. The molecule has 0 aliphatic carbocycles. The van der Waals surface area contributed by atoms with Gasteiger partial charge in [-0.2, -0.15) is 5.10 Å². The van der Waals surface area contributed by atoms with Crippen LogP contribution in [-0.2, 0) is 7.05 Å². The number of nitrogens with two attached hydrogens (primary N) is 1. The van der Waals surface area contributed by atoms with E-state index in [0.29, 0.717) is 33.6 Å². The smallest absolute Gasteiger partial charge is 0.267 e. The average Bonchev–Trinajstić information content (AvgIpc) is 3.53. The highest BCUT2D eigenvalue weighted by Crippen LogP contribution is 2.22. The van der Waals surface area contributed by atoms with Crippen molar-refractivity contribution in [2.75, 3.05) is 5.73 Å². The molecule has 0 aliphatic rings. The monoisotopic (exact) mass is 543 g/mol. The molecule has 0 unspecified atom stereocenters. The van der Waals surface area contributed by atoms with Gasteiger partial charge in [-0.1, -0.05) is 35.6 Å². The lowest BCUT2D eigenvalue weighted by Crippen LogP contribution is -2.33. The number of fused-ring (bicyclic) bond motifs is 2. The lowest BCUT2D eigenvalue weighted by atomic mass is 10.1. The number of amides is 1. The predicted octanol–water partition coefficient (Wildman–Crippen LogP) is 2.94. The second-order valence-electron chi connectivity index (χ2n) is 9.64. The van der Waals surface area contributed by atoms with Crippen LogP contribution in [0.25, 0.3) is 22.2 Å². The molecule has 0 saturated carbocycles. The van der Waals surface area contributed by atoms with E-state index in [-0.39, 0.29) is 16.9 Å². The van der Waals surface area contributed by atoms with E-state index < -0.39 is 11.9 Å². The van der Waals surface area contributed by atoms with Gasteiger partial charge in [0.15, 0.2) is 11.5 Å². The molecule has 0 radical (unpaired) electrons. The van der Waals surface area contributed by atoms with Gasteiger partial charge in [-0.05, 0) is 44.2 Å². The summed E-state index contributed by atoms with van der Waals surface area (Å²) in [5.74, 6) is 6.10. The number of carbonyl (C=O) groups excluding carboxylic acids is 1. The molecule has 202 valence electrons. The number of hydrogen-bond acceptors (Lipinski definition) is 7. The number of hydrogen-bond donors (Lipinski definition) is 2. The molecule has 4 aromatic heterocycles. The summed E-state index contributed by atoms with van der Waals surface area (Å²) in [5.41, 5.74) is 9.62. The highest BCUT2D eigenvalue weighted by molar-refractivity contribution is 6.04. The Kier molecular flexibility index (Phi) is 6.28. The van der Waals surface area contributed by atoms with Gasteiger partial charge in [0.05, 0.1) is 34.4 Å². The van der Waals surface area contributed by atoms with Crippen LogP contribution in [0.5, 0.6) is 0 Å². The van der Waals surface area contributed by atoms with Crippen LogP contribution in [0.1, 0.15) is 45.8 Å². The van der Waals surface area contributed by atoms with Crippen LogP contribution < -0.4 is 16.6 Å². The third-order valence-corrected chi connectivity index (χ3v) is 6.65. The summed E-state index contributed by atoms with van der Waals surface area (Å²) < 4.78 is 4.62. The molecule has 2 aromatic carbocycles. The summed E-state index contributed by atoms with van der Waals surface area (Å²) in [6.07, 6.45) is 6.68. The zero-order chi connectivity index (χ0) is 28.7. The Balaban J connectivity index is 1.49. The predicted molar refractivity (Wildman–Crippen MR) is 155 cm³/mol. The number of nitrogens with zero attached hydrogens (tertiary/aromatic N) is 7. The van der Waals surface area contributed by atoms with Crippen molar-refractivity contribution in [3.8, 4) is 17.5 Å². The summed E-state index contributed by atoms with van der Waals surface area (Å²) >= 11 is 0. The highest BCUT2D eigenvalue weighted by Gasteiger charge is 2.24. The van der Waals surface area contributed by atoms with Crippen LogP contribution in [0.4, 0.5) is 5.82 Å². The van der Waals surface area contributed by atoms with Gasteiger partial charge >= 0.3 is 0 Å². The van der Waals surface area contributed by atoms with Crippen molar-refractivity contribution in [2.45, 2.75) is 19.9 Å². The number of nitrogen functional groups attached to an aromatic ring is 1. The fourth-order valence-electron chi connectivity index (χ4n) is 4.67. The molecule has 4 heterocycles. The van der Waals surface area contributed by atoms with E-state index in [2.05, 4.69) is 32.3 Å². The molecular weight excluding hydrogens is 518 g/mol. The minimum absolute atomic E-state index is 0.0487. The topological polar surface area (TPSA) is 138 Å². The summed E-state index contributed by atoms with van der Waals surface area (Å²) in [5, 5.41) is 11.6. The Labute approximate surface area is 234 Å². The van der Waals surface area contributed by atoms with Gasteiger partial charge in [0.2, 0.25) is 0 Å². The van der Waals surface area contributed by atoms with E-state index in [4.69, 9.17) is 10.7 Å². The lowest BCUT2D eigenvalue weighted by Gasteiger charge is -2.20. The van der Waals surface area contributed by atoms with Gasteiger partial charge in [0.1, 0.15) is 11.4 Å². The van der Waals surface area contributed by atoms with Crippen LogP contribution in [0, 0.1) is 18.8 Å². The third-order valence-electron chi connectivity index (χ3n) is 6.65. The maximum Gasteiger partial charge on any atom is 0.267 e. The number of carbonyl (C=O) groups is 1. The number of aromatic nitrogens is 7. The Morgan fingerprint density at radius 1 is 1.10 bits per heavy atom. The molecule has 0 bridgehead atoms. The van der Waals surface area contributed by atoms with Gasteiger partial charge in [0, 0.05) is 31.2 Å². The van der Waals surface area contributed by atoms with Gasteiger partial charge in [0.25, 0.3) is 11.5 Å². The van der Waals surface area contributed by atoms with E-state index in [1.54, 1.807) is 60.7 Å². The van der Waals surface area contributed by atoms with Gasteiger partial charge in [-0.15, -0.1) is 5.10 Å². The van der Waals surface area contributed by atoms with E-state index in [1.165, 1.54) is 9.08 Å². The van der Waals surface area contributed by atoms with Crippen LogP contribution in [-0.4, -0.2) is 39.8 Å². The molecule has 6 aromatic rings. The van der Waals surface area contributed by atoms with Crippen LogP contribution in [0.15, 0.2) is 78.1 Å². The summed E-state index contributed by atoms with van der Waals surface area (Å²) in [4.78, 5) is 36.7. The molecule has 1 amide bonds. The van der Waals surface area contributed by atoms with Crippen molar-refractivity contribution in [1.82, 2.24) is 39.2 Å². The molecule has 41 heavy (non-hydrogen) atoms. The molecule has 0 fully saturated rings. The Hall–Kier alpha value is -5.76. The highest BCUT2D eigenvalue weighted by atomic mass is 16.2. The van der Waals surface area contributed by atoms with Gasteiger partial charge < -0.3 is 11.1 Å².